The van der Waals surface area contributed by atoms with E-state index in [1.807, 2.05) is 54.6 Å². The van der Waals surface area contributed by atoms with Crippen LogP contribution in [0.2, 0.25) is 0 Å². The van der Waals surface area contributed by atoms with Crippen molar-refractivity contribution in [3.63, 3.8) is 0 Å². The molecule has 1 amide bonds. The molecule has 4 aromatic rings. The molecule has 0 saturated carbocycles. The van der Waals surface area contributed by atoms with Gasteiger partial charge in [0, 0.05) is 49.9 Å². The SMILES string of the molecule is Cc1ccc(C(=O)N[C@@H](CN2CCN(C)CC2)c2ccccc2)cc1-c1ccc2nc(N)ncc2c1. The molecule has 1 saturated heterocycles. The molecular formula is C29H32N6O. The molecule has 0 radical (unpaired) electrons. The highest BCUT2D eigenvalue weighted by molar-refractivity contribution is 5.96. The topological polar surface area (TPSA) is 87.4 Å². The zero-order valence-electron chi connectivity index (χ0n) is 20.8. The number of nitrogens with one attached hydrogen (secondary N) is 1. The van der Waals surface area contributed by atoms with Gasteiger partial charge in [-0.3, -0.25) is 9.69 Å². The number of aryl methyl sites for hydroxylation is 1. The van der Waals surface area contributed by atoms with Crippen molar-refractivity contribution >= 4 is 22.8 Å². The summed E-state index contributed by atoms with van der Waals surface area (Å²) in [6.45, 7) is 6.93. The largest absolute Gasteiger partial charge is 0.368 e. The molecule has 1 fully saturated rings. The van der Waals surface area contributed by atoms with Gasteiger partial charge in [0.1, 0.15) is 0 Å². The molecule has 0 unspecified atom stereocenters. The van der Waals surface area contributed by atoms with Crippen LogP contribution < -0.4 is 11.1 Å². The molecule has 3 N–H and O–H groups in total. The van der Waals surface area contributed by atoms with Crippen molar-refractivity contribution in [3.05, 3.63) is 89.6 Å². The molecule has 184 valence electrons. The van der Waals surface area contributed by atoms with Gasteiger partial charge in [-0.1, -0.05) is 42.5 Å². The van der Waals surface area contributed by atoms with Gasteiger partial charge in [-0.25, -0.2) is 9.97 Å². The molecule has 3 aromatic carbocycles. The lowest BCUT2D eigenvalue weighted by molar-refractivity contribution is 0.0907. The lowest BCUT2D eigenvalue weighted by Gasteiger charge is -2.35. The summed E-state index contributed by atoms with van der Waals surface area (Å²) in [5.41, 5.74) is 11.4. The van der Waals surface area contributed by atoms with Crippen LogP contribution in [0.25, 0.3) is 22.0 Å². The third kappa shape index (κ3) is 5.37. The number of likely N-dealkylation sites (N-methyl/N-ethyl adjacent to an activating group) is 1. The van der Waals surface area contributed by atoms with Gasteiger partial charge >= 0.3 is 0 Å². The average molecular weight is 481 g/mol. The number of nitrogens with zero attached hydrogens (tertiary/aromatic N) is 4. The van der Waals surface area contributed by atoms with Gasteiger partial charge in [0.15, 0.2) is 0 Å². The second kappa shape index (κ2) is 10.4. The van der Waals surface area contributed by atoms with Crippen molar-refractivity contribution in [2.45, 2.75) is 13.0 Å². The molecule has 0 aliphatic carbocycles. The summed E-state index contributed by atoms with van der Waals surface area (Å²) in [6, 6.07) is 22.0. The molecule has 1 aromatic heterocycles. The Morgan fingerprint density at radius 3 is 2.58 bits per heavy atom. The minimum absolute atomic E-state index is 0.0730. The van der Waals surface area contributed by atoms with E-state index < -0.39 is 0 Å². The number of hydrogen-bond acceptors (Lipinski definition) is 6. The third-order valence-corrected chi connectivity index (χ3v) is 6.95. The lowest BCUT2D eigenvalue weighted by atomic mass is 9.96. The Balaban J connectivity index is 1.40. The van der Waals surface area contributed by atoms with E-state index in [1.54, 1.807) is 6.20 Å². The smallest absolute Gasteiger partial charge is 0.251 e. The molecule has 7 nitrogen and oxygen atoms in total. The number of benzene rings is 3. The van der Waals surface area contributed by atoms with Crippen LogP contribution >= 0.6 is 0 Å². The monoisotopic (exact) mass is 480 g/mol. The number of hydrogen-bond donors (Lipinski definition) is 2. The predicted molar refractivity (Wildman–Crippen MR) is 145 cm³/mol. The molecule has 2 heterocycles. The van der Waals surface area contributed by atoms with E-state index in [9.17, 15) is 4.79 Å². The van der Waals surface area contributed by atoms with Crippen molar-refractivity contribution in [2.75, 3.05) is 45.5 Å². The molecule has 7 heteroatoms. The van der Waals surface area contributed by atoms with Gasteiger partial charge in [0.05, 0.1) is 11.6 Å². The van der Waals surface area contributed by atoms with Gasteiger partial charge in [-0.2, -0.15) is 0 Å². The van der Waals surface area contributed by atoms with Crippen molar-refractivity contribution in [1.82, 2.24) is 25.1 Å². The second-order valence-corrected chi connectivity index (χ2v) is 9.57. The number of aromatic nitrogens is 2. The highest BCUT2D eigenvalue weighted by Crippen LogP contribution is 2.28. The number of rotatable bonds is 6. The quantitative estimate of drug-likeness (QED) is 0.435. The number of nitrogens with two attached hydrogens (primary N) is 1. The summed E-state index contributed by atoms with van der Waals surface area (Å²) < 4.78 is 0. The first-order chi connectivity index (χ1) is 17.5. The van der Waals surface area contributed by atoms with Crippen LogP contribution in [0.15, 0.2) is 72.9 Å². The molecular weight excluding hydrogens is 448 g/mol. The highest BCUT2D eigenvalue weighted by Gasteiger charge is 2.22. The maximum atomic E-state index is 13.5. The Morgan fingerprint density at radius 2 is 1.81 bits per heavy atom. The summed E-state index contributed by atoms with van der Waals surface area (Å²) in [7, 11) is 2.15. The first kappa shape index (κ1) is 23.9. The molecule has 0 spiro atoms. The molecule has 36 heavy (non-hydrogen) atoms. The summed E-state index contributed by atoms with van der Waals surface area (Å²) in [4.78, 5) is 26.7. The summed E-state index contributed by atoms with van der Waals surface area (Å²) >= 11 is 0. The average Bonchev–Trinajstić information content (AvgIpc) is 2.90. The Kier molecular flexibility index (Phi) is 6.93. The first-order valence-electron chi connectivity index (χ1n) is 12.4. The standard InChI is InChI=1S/C29H32N6O/c1-20-8-9-23(17-25(20)22-10-11-26-24(16-22)18-31-29(30)33-26)28(36)32-27(21-6-4-3-5-7-21)19-35-14-12-34(2)13-15-35/h3-11,16-18,27H,12-15,19H2,1-2H3,(H,32,36)(H2,30,31,33)/t27-/m0/s1. The van der Waals surface area contributed by atoms with E-state index in [-0.39, 0.29) is 17.9 Å². The lowest BCUT2D eigenvalue weighted by Crippen LogP contribution is -2.47. The number of piperazine rings is 1. The van der Waals surface area contributed by atoms with Crippen LogP contribution in [0, 0.1) is 6.92 Å². The summed E-state index contributed by atoms with van der Waals surface area (Å²) in [6.07, 6.45) is 1.73. The fraction of sp³-hybridized carbons (Fsp3) is 0.276. The minimum atomic E-state index is -0.0878. The van der Waals surface area contributed by atoms with Crippen LogP contribution in [0.1, 0.15) is 27.5 Å². The number of anilines is 1. The molecule has 1 atom stereocenters. The Morgan fingerprint density at radius 1 is 1.03 bits per heavy atom. The number of amides is 1. The van der Waals surface area contributed by atoms with E-state index in [0.717, 1.165) is 65.9 Å². The van der Waals surface area contributed by atoms with Gasteiger partial charge in [-0.05, 0) is 60.5 Å². The fourth-order valence-corrected chi connectivity index (χ4v) is 4.74. The Hall–Kier alpha value is -3.81. The zero-order valence-corrected chi connectivity index (χ0v) is 20.8. The molecule has 5 rings (SSSR count). The van der Waals surface area contributed by atoms with Crippen molar-refractivity contribution in [2.24, 2.45) is 0 Å². The van der Waals surface area contributed by atoms with Gasteiger partial charge < -0.3 is 16.0 Å². The van der Waals surface area contributed by atoms with E-state index in [4.69, 9.17) is 5.73 Å². The Labute approximate surface area is 212 Å². The molecule has 1 aliphatic rings. The summed E-state index contributed by atoms with van der Waals surface area (Å²) in [5, 5.41) is 4.22. The van der Waals surface area contributed by atoms with Gasteiger partial charge in [0.25, 0.3) is 5.91 Å². The van der Waals surface area contributed by atoms with Gasteiger partial charge in [-0.15, -0.1) is 0 Å². The third-order valence-electron chi connectivity index (χ3n) is 6.95. The van der Waals surface area contributed by atoms with Crippen LogP contribution in [-0.4, -0.2) is 65.4 Å². The first-order valence-corrected chi connectivity index (χ1v) is 12.4. The number of nitrogen functional groups attached to an aromatic ring is 1. The molecule has 1 aliphatic heterocycles. The van der Waals surface area contributed by atoms with Crippen molar-refractivity contribution in [3.8, 4) is 11.1 Å². The van der Waals surface area contributed by atoms with E-state index in [0.29, 0.717) is 5.56 Å². The second-order valence-electron chi connectivity index (χ2n) is 9.57. The van der Waals surface area contributed by atoms with E-state index >= 15 is 0 Å². The fourth-order valence-electron chi connectivity index (χ4n) is 4.74. The van der Waals surface area contributed by atoms with Crippen LogP contribution in [0.3, 0.4) is 0 Å². The van der Waals surface area contributed by atoms with Crippen molar-refractivity contribution < 1.29 is 4.79 Å². The maximum Gasteiger partial charge on any atom is 0.251 e. The van der Waals surface area contributed by atoms with Crippen LogP contribution in [0.5, 0.6) is 0 Å². The summed E-state index contributed by atoms with van der Waals surface area (Å²) in [5.74, 6) is 0.186. The van der Waals surface area contributed by atoms with Crippen LogP contribution in [0.4, 0.5) is 5.95 Å². The van der Waals surface area contributed by atoms with E-state index in [1.165, 1.54) is 0 Å². The highest BCUT2D eigenvalue weighted by atomic mass is 16.1. The van der Waals surface area contributed by atoms with Crippen molar-refractivity contribution in [1.29, 1.82) is 0 Å². The maximum absolute atomic E-state index is 13.5. The number of carbonyl (C=O) groups excluding carboxylic acids is 1. The Bertz CT molecular complexity index is 1370. The minimum Gasteiger partial charge on any atom is -0.368 e. The number of carbonyl (C=O) groups is 1. The normalized spacial score (nSPS) is 15.6. The predicted octanol–water partition coefficient (Wildman–Crippen LogP) is 3.91. The van der Waals surface area contributed by atoms with Gasteiger partial charge in [0.2, 0.25) is 5.95 Å². The van der Waals surface area contributed by atoms with E-state index in [2.05, 4.69) is 51.2 Å². The number of fused-ring (bicyclic) bond motifs is 1. The molecule has 0 bridgehead atoms. The van der Waals surface area contributed by atoms with Crippen LogP contribution in [-0.2, 0) is 0 Å². The zero-order chi connectivity index (χ0) is 25.1.